The number of para-hydroxylation sites is 1. The van der Waals surface area contributed by atoms with E-state index in [0.29, 0.717) is 28.2 Å². The first-order valence-corrected chi connectivity index (χ1v) is 11.4. The Morgan fingerprint density at radius 1 is 0.906 bits per heavy atom. The van der Waals surface area contributed by atoms with E-state index in [1.54, 1.807) is 17.0 Å². The number of rotatable bonds is 3. The third-order valence-electron chi connectivity index (χ3n) is 6.23. The van der Waals surface area contributed by atoms with Crippen LogP contribution >= 0.6 is 23.2 Å². The first-order valence-electron chi connectivity index (χ1n) is 10.7. The lowest BCUT2D eigenvalue weighted by Gasteiger charge is -2.34. The molecule has 7 heteroatoms. The Morgan fingerprint density at radius 2 is 1.69 bits per heavy atom. The molecule has 4 nitrogen and oxygen atoms in total. The molecule has 3 aromatic carbocycles. The van der Waals surface area contributed by atoms with Gasteiger partial charge in [-0.1, -0.05) is 41.4 Å². The van der Waals surface area contributed by atoms with E-state index < -0.39 is 0 Å². The Balaban J connectivity index is 1.75. The van der Waals surface area contributed by atoms with E-state index in [2.05, 4.69) is 22.8 Å². The highest BCUT2D eigenvalue weighted by Crippen LogP contribution is 2.44. The quantitative estimate of drug-likeness (QED) is 0.452. The van der Waals surface area contributed by atoms with Gasteiger partial charge in [-0.15, -0.1) is 0 Å². The van der Waals surface area contributed by atoms with E-state index >= 15 is 0 Å². The zero-order valence-electron chi connectivity index (χ0n) is 17.3. The molecule has 1 fully saturated rings. The molecular formula is C25H22Cl2FN3O. The molecule has 0 bridgehead atoms. The number of carbonyl (C=O) groups excluding carboxylic acids is 1. The van der Waals surface area contributed by atoms with Crippen LogP contribution in [0, 0.1) is 5.82 Å². The second kappa shape index (κ2) is 8.74. The first kappa shape index (κ1) is 21.3. The summed E-state index contributed by atoms with van der Waals surface area (Å²) in [7, 11) is 0. The monoisotopic (exact) mass is 469 g/mol. The Morgan fingerprint density at radius 3 is 2.44 bits per heavy atom. The number of piperidine rings is 1. The molecule has 0 aromatic heterocycles. The number of hydrogen-bond acceptors (Lipinski definition) is 2. The lowest BCUT2D eigenvalue weighted by Crippen LogP contribution is -2.41. The molecular weight excluding hydrogens is 448 g/mol. The van der Waals surface area contributed by atoms with E-state index in [0.717, 1.165) is 53.9 Å². The molecule has 164 valence electrons. The predicted octanol–water partition coefficient (Wildman–Crippen LogP) is 6.63. The Bertz CT molecular complexity index is 1190. The van der Waals surface area contributed by atoms with Crippen molar-refractivity contribution in [1.29, 1.82) is 0 Å². The van der Waals surface area contributed by atoms with Crippen molar-refractivity contribution in [3.8, 4) is 11.1 Å². The maximum absolute atomic E-state index is 13.8. The van der Waals surface area contributed by atoms with Crippen LogP contribution in [0.4, 0.5) is 20.6 Å². The summed E-state index contributed by atoms with van der Waals surface area (Å²) in [4.78, 5) is 14.7. The van der Waals surface area contributed by atoms with Crippen LogP contribution in [0.25, 0.3) is 11.1 Å². The highest BCUT2D eigenvalue weighted by molar-refractivity contribution is 6.34. The van der Waals surface area contributed by atoms with Gasteiger partial charge in [-0.2, -0.15) is 0 Å². The predicted molar refractivity (Wildman–Crippen MR) is 128 cm³/mol. The van der Waals surface area contributed by atoms with E-state index in [1.807, 2.05) is 18.2 Å². The number of urea groups is 1. The average Bonchev–Trinajstić information content (AvgIpc) is 2.80. The third-order valence-corrected chi connectivity index (χ3v) is 6.87. The number of amides is 2. The minimum Gasteiger partial charge on any atom is -0.333 e. The maximum atomic E-state index is 13.8. The van der Waals surface area contributed by atoms with E-state index in [9.17, 15) is 9.18 Å². The number of anilines is 2. The zero-order valence-corrected chi connectivity index (χ0v) is 18.8. The van der Waals surface area contributed by atoms with Crippen molar-refractivity contribution in [3.05, 3.63) is 81.6 Å². The van der Waals surface area contributed by atoms with Gasteiger partial charge in [0.2, 0.25) is 0 Å². The van der Waals surface area contributed by atoms with Crippen LogP contribution in [0.3, 0.4) is 0 Å². The lowest BCUT2D eigenvalue weighted by atomic mass is 9.85. The van der Waals surface area contributed by atoms with Crippen molar-refractivity contribution in [3.63, 3.8) is 0 Å². The number of nitrogens with one attached hydrogen (secondary N) is 2. The van der Waals surface area contributed by atoms with E-state index in [4.69, 9.17) is 23.2 Å². The fraction of sp³-hybridized carbons (Fsp3) is 0.240. The van der Waals surface area contributed by atoms with Crippen molar-refractivity contribution in [1.82, 2.24) is 10.6 Å². The smallest absolute Gasteiger partial charge is 0.326 e. The first-order chi connectivity index (χ1) is 15.5. The van der Waals surface area contributed by atoms with Gasteiger partial charge < -0.3 is 10.6 Å². The minimum absolute atomic E-state index is 0.232. The number of nitrogens with zero attached hydrogens (tertiary/aromatic N) is 1. The topological polar surface area (TPSA) is 44.4 Å². The van der Waals surface area contributed by atoms with E-state index in [1.165, 1.54) is 12.1 Å². The largest absolute Gasteiger partial charge is 0.333 e. The summed E-state index contributed by atoms with van der Waals surface area (Å²) >= 11 is 13.0. The number of halogens is 3. The second-order valence-corrected chi connectivity index (χ2v) is 8.97. The summed E-state index contributed by atoms with van der Waals surface area (Å²) < 4.78 is 13.8. The molecule has 5 rings (SSSR count). The zero-order chi connectivity index (χ0) is 22.2. The van der Waals surface area contributed by atoms with Gasteiger partial charge in [-0.25, -0.2) is 9.18 Å². The molecule has 0 radical (unpaired) electrons. The third kappa shape index (κ3) is 3.85. The molecule has 0 aliphatic carbocycles. The van der Waals surface area contributed by atoms with Gasteiger partial charge in [0.15, 0.2) is 0 Å². The van der Waals surface area contributed by atoms with Crippen LogP contribution in [0.5, 0.6) is 0 Å². The Hall–Kier alpha value is -2.60. The molecule has 2 aliphatic rings. The summed E-state index contributed by atoms with van der Waals surface area (Å²) in [5, 5.41) is 7.19. The van der Waals surface area contributed by atoms with E-state index in [-0.39, 0.29) is 11.8 Å². The number of benzene rings is 3. The van der Waals surface area contributed by atoms with Crippen molar-refractivity contribution >= 4 is 40.6 Å². The van der Waals surface area contributed by atoms with Crippen molar-refractivity contribution < 1.29 is 9.18 Å². The van der Waals surface area contributed by atoms with Crippen LogP contribution in [-0.4, -0.2) is 19.1 Å². The molecule has 3 aromatic rings. The molecule has 2 aliphatic heterocycles. The van der Waals surface area contributed by atoms with Crippen molar-refractivity contribution in [2.24, 2.45) is 0 Å². The summed E-state index contributed by atoms with van der Waals surface area (Å²) in [5.41, 5.74) is 5.12. The molecule has 2 N–H and O–H groups in total. The van der Waals surface area contributed by atoms with Crippen molar-refractivity contribution in [2.45, 2.75) is 25.3 Å². The minimum atomic E-state index is -0.381. The molecule has 0 spiro atoms. The summed E-state index contributed by atoms with van der Waals surface area (Å²) in [6.45, 7) is 2.25. The number of fused-ring (bicyclic) bond motifs is 1. The van der Waals surface area contributed by atoms with Gasteiger partial charge in [0, 0.05) is 17.7 Å². The summed E-state index contributed by atoms with van der Waals surface area (Å²) in [5.74, 6) is -0.0225. The highest BCUT2D eigenvalue weighted by atomic mass is 35.5. The maximum Gasteiger partial charge on any atom is 0.326 e. The van der Waals surface area contributed by atoms with Crippen LogP contribution in [-0.2, 0) is 6.54 Å². The van der Waals surface area contributed by atoms with Gasteiger partial charge in [-0.05, 0) is 79.4 Å². The fourth-order valence-corrected chi connectivity index (χ4v) is 5.12. The van der Waals surface area contributed by atoms with Gasteiger partial charge in [0.1, 0.15) is 5.82 Å². The number of carbonyl (C=O) groups is 1. The van der Waals surface area contributed by atoms with Gasteiger partial charge >= 0.3 is 6.03 Å². The van der Waals surface area contributed by atoms with Crippen LogP contribution in [0.15, 0.2) is 54.6 Å². The average molecular weight is 470 g/mol. The second-order valence-electron chi connectivity index (χ2n) is 8.16. The Kier molecular flexibility index (Phi) is 5.80. The van der Waals surface area contributed by atoms with Gasteiger partial charge in [-0.3, -0.25) is 4.90 Å². The number of hydrogen-bond donors (Lipinski definition) is 2. The van der Waals surface area contributed by atoms with Crippen LogP contribution in [0.1, 0.15) is 29.9 Å². The fourth-order valence-electron chi connectivity index (χ4n) is 4.63. The highest BCUT2D eigenvalue weighted by Gasteiger charge is 2.31. The molecule has 1 saturated heterocycles. The molecule has 2 amide bonds. The van der Waals surface area contributed by atoms with Gasteiger partial charge in [0.25, 0.3) is 0 Å². The SMILES string of the molecule is O=C1NCc2c(-c3ccc(F)cc3Cl)cc(C3CCNCC3)cc2N1c1ccccc1Cl. The van der Waals surface area contributed by atoms with Crippen LogP contribution < -0.4 is 15.5 Å². The standard InChI is InChI=1S/C25H22Cl2FN3O/c26-21-3-1-2-4-23(21)31-24-12-16(15-7-9-29-10-8-15)11-19(20(24)14-30-25(31)32)18-6-5-17(28)13-22(18)27/h1-6,11-13,15,29H,7-10,14H2,(H,30,32). The van der Waals surface area contributed by atoms with Gasteiger partial charge in [0.05, 0.1) is 21.4 Å². The van der Waals surface area contributed by atoms with Crippen LogP contribution in [0.2, 0.25) is 10.0 Å². The summed E-state index contributed by atoms with van der Waals surface area (Å²) in [6.07, 6.45) is 2.02. The molecule has 0 saturated carbocycles. The molecule has 0 unspecified atom stereocenters. The van der Waals surface area contributed by atoms with Crippen molar-refractivity contribution in [2.75, 3.05) is 18.0 Å². The molecule has 0 atom stereocenters. The lowest BCUT2D eigenvalue weighted by molar-refractivity contribution is 0.247. The summed E-state index contributed by atoms with van der Waals surface area (Å²) in [6, 6.07) is 15.8. The molecule has 2 heterocycles. The molecule has 32 heavy (non-hydrogen) atoms. The Labute approximate surface area is 196 Å². The normalized spacial score (nSPS) is 16.6.